The van der Waals surface area contributed by atoms with Crippen molar-refractivity contribution in [2.24, 2.45) is 0 Å². The quantitative estimate of drug-likeness (QED) is 0.655. The maximum absolute atomic E-state index is 11.5. The minimum atomic E-state index is -3.36. The van der Waals surface area contributed by atoms with Crippen LogP contribution in [-0.2, 0) is 10.0 Å². The first-order valence-electron chi connectivity index (χ1n) is 4.02. The molecular weight excluding hydrogens is 190 g/mol. The van der Waals surface area contributed by atoms with E-state index in [1.165, 1.54) is 18.3 Å². The van der Waals surface area contributed by atoms with Crippen molar-refractivity contribution in [3.63, 3.8) is 0 Å². The highest BCUT2D eigenvalue weighted by atomic mass is 32.2. The van der Waals surface area contributed by atoms with Crippen LogP contribution in [0.2, 0.25) is 0 Å². The monoisotopic (exact) mass is 207 g/mol. The van der Waals surface area contributed by atoms with Gasteiger partial charge < -0.3 is 5.11 Å². The SMILES string of the molecule is C=C(C)CN(C)S(=O)(=O)C(C)CO. The first kappa shape index (κ1) is 12.6. The van der Waals surface area contributed by atoms with E-state index in [1.807, 2.05) is 0 Å². The summed E-state index contributed by atoms with van der Waals surface area (Å²) in [5, 5.41) is 7.97. The lowest BCUT2D eigenvalue weighted by Crippen LogP contribution is -2.37. The van der Waals surface area contributed by atoms with Gasteiger partial charge in [0.2, 0.25) is 10.0 Å². The number of nitrogens with zero attached hydrogens (tertiary/aromatic N) is 1. The van der Waals surface area contributed by atoms with Crippen LogP contribution in [-0.4, -0.2) is 43.3 Å². The Hall–Kier alpha value is -0.390. The molecule has 0 aliphatic heterocycles. The van der Waals surface area contributed by atoms with Crippen molar-refractivity contribution in [1.82, 2.24) is 4.31 Å². The fraction of sp³-hybridized carbons (Fsp3) is 0.750. The molecular formula is C8H17NO3S. The zero-order valence-electron chi connectivity index (χ0n) is 8.32. The number of likely N-dealkylation sites (N-methyl/N-ethyl adjacent to an activating group) is 1. The Balaban J connectivity index is 4.55. The number of aliphatic hydroxyl groups excluding tert-OH is 1. The van der Waals surface area contributed by atoms with Crippen LogP contribution in [0.1, 0.15) is 13.8 Å². The lowest BCUT2D eigenvalue weighted by atomic mass is 10.4. The molecule has 78 valence electrons. The first-order chi connectivity index (χ1) is 5.82. The van der Waals surface area contributed by atoms with Crippen LogP contribution in [0, 0.1) is 0 Å². The third kappa shape index (κ3) is 3.46. The van der Waals surface area contributed by atoms with Gasteiger partial charge in [-0.2, -0.15) is 0 Å². The Kier molecular flexibility index (Phi) is 4.60. The van der Waals surface area contributed by atoms with Crippen LogP contribution in [0.15, 0.2) is 12.2 Å². The topological polar surface area (TPSA) is 57.6 Å². The summed E-state index contributed by atoms with van der Waals surface area (Å²) >= 11 is 0. The van der Waals surface area contributed by atoms with Gasteiger partial charge in [0.05, 0.1) is 11.9 Å². The molecule has 0 rings (SSSR count). The van der Waals surface area contributed by atoms with E-state index < -0.39 is 15.3 Å². The van der Waals surface area contributed by atoms with E-state index in [4.69, 9.17) is 5.11 Å². The average Bonchev–Trinajstić information content (AvgIpc) is 2.01. The number of hydrogen-bond acceptors (Lipinski definition) is 3. The molecule has 0 aliphatic carbocycles. The maximum Gasteiger partial charge on any atom is 0.219 e. The van der Waals surface area contributed by atoms with E-state index >= 15 is 0 Å². The molecule has 0 aromatic rings. The standard InChI is InChI=1S/C8H17NO3S/c1-7(2)5-9(4)13(11,12)8(3)6-10/h8,10H,1,5-6H2,2-4H3. The third-order valence-electron chi connectivity index (χ3n) is 1.69. The normalized spacial score (nSPS) is 14.5. The van der Waals surface area contributed by atoms with Crippen LogP contribution >= 0.6 is 0 Å². The molecule has 0 bridgehead atoms. The summed E-state index contributed by atoms with van der Waals surface area (Å²) in [5.74, 6) is 0. The molecule has 5 heteroatoms. The molecule has 0 aromatic carbocycles. The molecule has 0 heterocycles. The van der Waals surface area contributed by atoms with E-state index in [9.17, 15) is 8.42 Å². The van der Waals surface area contributed by atoms with Crippen LogP contribution in [0.4, 0.5) is 0 Å². The fourth-order valence-corrected chi connectivity index (χ4v) is 2.07. The third-order valence-corrected chi connectivity index (χ3v) is 3.86. The van der Waals surface area contributed by atoms with Crippen molar-refractivity contribution in [2.75, 3.05) is 20.2 Å². The molecule has 0 amide bonds. The van der Waals surface area contributed by atoms with E-state index in [0.29, 0.717) is 6.54 Å². The van der Waals surface area contributed by atoms with Gasteiger partial charge in [0.1, 0.15) is 0 Å². The second-order valence-corrected chi connectivity index (χ2v) is 5.71. The summed E-state index contributed by atoms with van der Waals surface area (Å²) in [6, 6.07) is 0. The maximum atomic E-state index is 11.5. The fourth-order valence-electron chi connectivity index (χ4n) is 0.871. The Morgan fingerprint density at radius 1 is 1.62 bits per heavy atom. The molecule has 0 radical (unpaired) electrons. The Morgan fingerprint density at radius 2 is 2.08 bits per heavy atom. The van der Waals surface area contributed by atoms with E-state index in [2.05, 4.69) is 6.58 Å². The number of aliphatic hydroxyl groups is 1. The molecule has 4 nitrogen and oxygen atoms in total. The lowest BCUT2D eigenvalue weighted by Gasteiger charge is -2.20. The Bertz CT molecular complexity index is 271. The molecule has 0 saturated carbocycles. The summed E-state index contributed by atoms with van der Waals surface area (Å²) in [6.07, 6.45) is 0. The van der Waals surface area contributed by atoms with Crippen LogP contribution in [0.5, 0.6) is 0 Å². The van der Waals surface area contributed by atoms with Gasteiger partial charge in [-0.3, -0.25) is 0 Å². The molecule has 0 saturated heterocycles. The minimum absolute atomic E-state index is 0.298. The van der Waals surface area contributed by atoms with E-state index in [1.54, 1.807) is 6.92 Å². The molecule has 1 N–H and O–H groups in total. The highest BCUT2D eigenvalue weighted by Crippen LogP contribution is 2.07. The van der Waals surface area contributed by atoms with Crippen molar-refractivity contribution < 1.29 is 13.5 Å². The van der Waals surface area contributed by atoms with Gasteiger partial charge in [-0.1, -0.05) is 12.2 Å². The van der Waals surface area contributed by atoms with Gasteiger partial charge in [-0.15, -0.1) is 0 Å². The Labute approximate surface area is 79.9 Å². The van der Waals surface area contributed by atoms with Crippen molar-refractivity contribution >= 4 is 10.0 Å². The van der Waals surface area contributed by atoms with Crippen LogP contribution < -0.4 is 0 Å². The summed E-state index contributed by atoms with van der Waals surface area (Å²) in [7, 11) is -1.88. The van der Waals surface area contributed by atoms with Gasteiger partial charge in [0, 0.05) is 13.6 Å². The van der Waals surface area contributed by atoms with Gasteiger partial charge in [0.25, 0.3) is 0 Å². The molecule has 1 unspecified atom stereocenters. The zero-order valence-corrected chi connectivity index (χ0v) is 9.13. The summed E-state index contributed by atoms with van der Waals surface area (Å²) < 4.78 is 24.2. The van der Waals surface area contributed by atoms with Crippen LogP contribution in [0.3, 0.4) is 0 Å². The smallest absolute Gasteiger partial charge is 0.219 e. The van der Waals surface area contributed by atoms with Crippen molar-refractivity contribution in [3.05, 3.63) is 12.2 Å². The summed E-state index contributed by atoms with van der Waals surface area (Å²) in [6.45, 7) is 6.80. The number of hydrogen-bond donors (Lipinski definition) is 1. The van der Waals surface area contributed by atoms with Crippen molar-refractivity contribution in [2.45, 2.75) is 19.1 Å². The number of sulfonamides is 1. The van der Waals surface area contributed by atoms with Gasteiger partial charge in [-0.05, 0) is 13.8 Å². The summed E-state index contributed by atoms with van der Waals surface area (Å²) in [4.78, 5) is 0. The van der Waals surface area contributed by atoms with E-state index in [-0.39, 0.29) is 6.61 Å². The second kappa shape index (κ2) is 4.74. The predicted molar refractivity (Wildman–Crippen MR) is 52.9 cm³/mol. The average molecular weight is 207 g/mol. The largest absolute Gasteiger partial charge is 0.395 e. The molecule has 0 fully saturated rings. The highest BCUT2D eigenvalue weighted by Gasteiger charge is 2.24. The first-order valence-corrected chi connectivity index (χ1v) is 5.53. The lowest BCUT2D eigenvalue weighted by molar-refractivity contribution is 0.291. The van der Waals surface area contributed by atoms with Crippen LogP contribution in [0.25, 0.3) is 0 Å². The molecule has 13 heavy (non-hydrogen) atoms. The molecule has 0 spiro atoms. The zero-order chi connectivity index (χ0) is 10.6. The second-order valence-electron chi connectivity index (χ2n) is 3.25. The van der Waals surface area contributed by atoms with E-state index in [0.717, 1.165) is 5.57 Å². The highest BCUT2D eigenvalue weighted by molar-refractivity contribution is 7.89. The molecule has 0 aliphatic rings. The van der Waals surface area contributed by atoms with Crippen molar-refractivity contribution in [1.29, 1.82) is 0 Å². The van der Waals surface area contributed by atoms with Gasteiger partial charge in [-0.25, -0.2) is 12.7 Å². The number of rotatable bonds is 5. The molecule has 0 aromatic heterocycles. The Morgan fingerprint density at radius 3 is 2.38 bits per heavy atom. The minimum Gasteiger partial charge on any atom is -0.395 e. The van der Waals surface area contributed by atoms with Gasteiger partial charge in [0.15, 0.2) is 0 Å². The van der Waals surface area contributed by atoms with Gasteiger partial charge >= 0.3 is 0 Å². The molecule has 1 atom stereocenters. The summed E-state index contributed by atoms with van der Waals surface area (Å²) in [5.41, 5.74) is 0.774. The van der Waals surface area contributed by atoms with Crippen molar-refractivity contribution in [3.8, 4) is 0 Å². The predicted octanol–water partition coefficient (Wildman–Crippen LogP) is 0.205.